The van der Waals surface area contributed by atoms with Crippen LogP contribution in [0.25, 0.3) is 33.9 Å². The lowest BCUT2D eigenvalue weighted by Crippen LogP contribution is -2.33. The lowest BCUT2D eigenvalue weighted by molar-refractivity contribution is -0.384. The van der Waals surface area contributed by atoms with Crippen LogP contribution in [0.3, 0.4) is 0 Å². The van der Waals surface area contributed by atoms with Crippen LogP contribution in [0.5, 0.6) is 0 Å². The molecule has 0 atom stereocenters. The molecule has 0 saturated heterocycles. The third kappa shape index (κ3) is 5.20. The molecule has 0 aliphatic carbocycles. The molecule has 0 unspecified atom stereocenters. The molecule has 2 aromatic heterocycles. The standard InChI is InChI=1S/C26H17ClN4O5S/c1-14-5-8-22-20(11-14)29-25(36-22)18-13-16(6-7-19(18)27)28-26(37)30-24(32)23-10-9-21(35-23)15-3-2-4-17(12-15)31(33)34/h2-13H,1H3,(H2,28,30,32,37). The molecule has 0 fully saturated rings. The van der Waals surface area contributed by atoms with Crippen LogP contribution in [0.1, 0.15) is 16.1 Å². The molecule has 0 radical (unpaired) electrons. The van der Waals surface area contributed by atoms with Gasteiger partial charge in [-0.25, -0.2) is 4.98 Å². The highest BCUT2D eigenvalue weighted by molar-refractivity contribution is 7.80. The van der Waals surface area contributed by atoms with Gasteiger partial charge in [-0.05, 0) is 67.2 Å². The number of oxazole rings is 1. The second-order valence-electron chi connectivity index (χ2n) is 8.06. The van der Waals surface area contributed by atoms with Crippen molar-refractivity contribution >= 4 is 57.3 Å². The second kappa shape index (κ2) is 9.84. The molecular formula is C26H17ClN4O5S. The fourth-order valence-electron chi connectivity index (χ4n) is 3.63. The van der Waals surface area contributed by atoms with Gasteiger partial charge in [0.05, 0.1) is 15.5 Å². The Kier molecular flexibility index (Phi) is 6.43. The molecule has 9 nitrogen and oxygen atoms in total. The summed E-state index contributed by atoms with van der Waals surface area (Å²) in [5.74, 6) is 0.0685. The van der Waals surface area contributed by atoms with Gasteiger partial charge in [0.15, 0.2) is 16.5 Å². The maximum absolute atomic E-state index is 12.6. The summed E-state index contributed by atoms with van der Waals surface area (Å²) in [4.78, 5) is 27.7. The van der Waals surface area contributed by atoms with E-state index in [2.05, 4.69) is 15.6 Å². The van der Waals surface area contributed by atoms with Gasteiger partial charge in [0.2, 0.25) is 5.89 Å². The van der Waals surface area contributed by atoms with E-state index in [1.54, 1.807) is 30.3 Å². The van der Waals surface area contributed by atoms with Crippen molar-refractivity contribution < 1.29 is 18.6 Å². The van der Waals surface area contributed by atoms with Crippen molar-refractivity contribution in [1.82, 2.24) is 10.3 Å². The van der Waals surface area contributed by atoms with Crippen molar-refractivity contribution in [1.29, 1.82) is 0 Å². The molecule has 0 spiro atoms. The maximum Gasteiger partial charge on any atom is 0.293 e. The first-order chi connectivity index (χ1) is 17.8. The SMILES string of the molecule is Cc1ccc2oc(-c3cc(NC(=S)NC(=O)c4ccc(-c5cccc([N+](=O)[O-])c5)o4)ccc3Cl)nc2c1. The fraction of sp³-hybridized carbons (Fsp3) is 0.0385. The number of benzene rings is 3. The average Bonchev–Trinajstić information content (AvgIpc) is 3.52. The summed E-state index contributed by atoms with van der Waals surface area (Å²) in [6.45, 7) is 1.97. The molecule has 1 amide bonds. The van der Waals surface area contributed by atoms with Gasteiger partial charge in [0.25, 0.3) is 11.6 Å². The molecule has 11 heteroatoms. The Labute approximate surface area is 220 Å². The van der Waals surface area contributed by atoms with Gasteiger partial charge < -0.3 is 14.2 Å². The minimum Gasteiger partial charge on any atom is -0.451 e. The van der Waals surface area contributed by atoms with Gasteiger partial charge in [-0.2, -0.15) is 0 Å². The van der Waals surface area contributed by atoms with Crippen molar-refractivity contribution in [3.8, 4) is 22.8 Å². The topological polar surface area (TPSA) is 123 Å². The molecule has 0 bridgehead atoms. The molecular weight excluding hydrogens is 516 g/mol. The number of hydrogen-bond acceptors (Lipinski definition) is 7. The Morgan fingerprint density at radius 1 is 1.05 bits per heavy atom. The van der Waals surface area contributed by atoms with E-state index >= 15 is 0 Å². The molecule has 37 heavy (non-hydrogen) atoms. The number of rotatable bonds is 5. The number of amides is 1. The number of nitrogens with one attached hydrogen (secondary N) is 2. The van der Waals surface area contributed by atoms with E-state index in [0.717, 1.165) is 11.1 Å². The summed E-state index contributed by atoms with van der Waals surface area (Å²) in [5.41, 5.74) is 3.92. The van der Waals surface area contributed by atoms with Crippen molar-refractivity contribution in [3.63, 3.8) is 0 Å². The number of nitrogens with zero attached hydrogens (tertiary/aromatic N) is 2. The van der Waals surface area contributed by atoms with Crippen LogP contribution >= 0.6 is 23.8 Å². The van der Waals surface area contributed by atoms with Crippen LogP contribution in [0, 0.1) is 17.0 Å². The summed E-state index contributed by atoms with van der Waals surface area (Å²) in [5, 5.41) is 17.0. The summed E-state index contributed by atoms with van der Waals surface area (Å²) in [6, 6.07) is 19.7. The lowest BCUT2D eigenvalue weighted by Gasteiger charge is -2.10. The first kappa shape index (κ1) is 24.2. The number of carbonyl (C=O) groups excluding carboxylic acids is 1. The van der Waals surface area contributed by atoms with Crippen molar-refractivity contribution in [3.05, 3.63) is 99.3 Å². The Morgan fingerprint density at radius 2 is 1.89 bits per heavy atom. The third-order valence-electron chi connectivity index (χ3n) is 5.40. The quantitative estimate of drug-likeness (QED) is 0.145. The zero-order valence-corrected chi connectivity index (χ0v) is 20.7. The monoisotopic (exact) mass is 532 g/mol. The minimum atomic E-state index is -0.585. The number of nitro groups is 1. The molecule has 5 rings (SSSR count). The number of nitro benzene ring substituents is 1. The zero-order valence-electron chi connectivity index (χ0n) is 19.2. The molecule has 184 valence electrons. The second-order valence-corrected chi connectivity index (χ2v) is 8.88. The van der Waals surface area contributed by atoms with Gasteiger partial charge in [0, 0.05) is 23.4 Å². The summed E-state index contributed by atoms with van der Waals surface area (Å²) >= 11 is 11.7. The summed E-state index contributed by atoms with van der Waals surface area (Å²) in [7, 11) is 0. The molecule has 0 saturated carbocycles. The number of thiocarbonyl (C=S) groups is 1. The van der Waals surface area contributed by atoms with Gasteiger partial charge in [-0.1, -0.05) is 29.8 Å². The normalized spacial score (nSPS) is 10.9. The molecule has 2 N–H and O–H groups in total. The number of furan rings is 1. The highest BCUT2D eigenvalue weighted by Crippen LogP contribution is 2.32. The number of halogens is 1. The highest BCUT2D eigenvalue weighted by Gasteiger charge is 2.17. The smallest absolute Gasteiger partial charge is 0.293 e. The predicted molar refractivity (Wildman–Crippen MR) is 144 cm³/mol. The van der Waals surface area contributed by atoms with E-state index in [4.69, 9.17) is 32.7 Å². The maximum atomic E-state index is 12.6. The number of hydrogen-bond donors (Lipinski definition) is 2. The number of fused-ring (bicyclic) bond motifs is 1. The van der Waals surface area contributed by atoms with Crippen LogP contribution < -0.4 is 10.6 Å². The van der Waals surface area contributed by atoms with Gasteiger partial charge in [0.1, 0.15) is 11.3 Å². The van der Waals surface area contributed by atoms with Crippen LogP contribution in [-0.2, 0) is 0 Å². The number of aryl methyl sites for hydroxylation is 1. The first-order valence-electron chi connectivity index (χ1n) is 10.9. The van der Waals surface area contributed by atoms with Crippen LogP contribution in [0.4, 0.5) is 11.4 Å². The number of aromatic nitrogens is 1. The number of non-ortho nitro benzene ring substituents is 1. The van der Waals surface area contributed by atoms with Crippen molar-refractivity contribution in [2.75, 3.05) is 5.32 Å². The van der Waals surface area contributed by atoms with Crippen molar-refractivity contribution in [2.24, 2.45) is 0 Å². The van der Waals surface area contributed by atoms with Gasteiger partial charge in [-0.15, -0.1) is 0 Å². The van der Waals surface area contributed by atoms with Crippen LogP contribution in [-0.4, -0.2) is 20.9 Å². The molecule has 0 aliphatic heterocycles. The molecule has 2 heterocycles. The fourth-order valence-corrected chi connectivity index (χ4v) is 4.04. The Bertz CT molecular complexity index is 1690. The molecule has 5 aromatic rings. The Morgan fingerprint density at radius 3 is 2.70 bits per heavy atom. The first-order valence-corrected chi connectivity index (χ1v) is 11.7. The Balaban J connectivity index is 1.29. The molecule has 3 aromatic carbocycles. The van der Waals surface area contributed by atoms with Crippen molar-refractivity contribution in [2.45, 2.75) is 6.92 Å². The average molecular weight is 533 g/mol. The number of anilines is 1. The number of carbonyl (C=O) groups is 1. The van der Waals surface area contributed by atoms with Crippen LogP contribution in [0.2, 0.25) is 5.02 Å². The van der Waals surface area contributed by atoms with E-state index in [9.17, 15) is 14.9 Å². The van der Waals surface area contributed by atoms with E-state index < -0.39 is 10.8 Å². The van der Waals surface area contributed by atoms with Gasteiger partial charge >= 0.3 is 0 Å². The van der Waals surface area contributed by atoms with E-state index in [-0.39, 0.29) is 16.6 Å². The predicted octanol–water partition coefficient (Wildman–Crippen LogP) is 6.75. The summed E-state index contributed by atoms with van der Waals surface area (Å²) in [6.07, 6.45) is 0. The van der Waals surface area contributed by atoms with E-state index in [1.165, 1.54) is 24.3 Å². The summed E-state index contributed by atoms with van der Waals surface area (Å²) < 4.78 is 11.4. The zero-order chi connectivity index (χ0) is 26.1. The highest BCUT2D eigenvalue weighted by atomic mass is 35.5. The van der Waals surface area contributed by atoms with Gasteiger partial charge in [-0.3, -0.25) is 20.2 Å². The van der Waals surface area contributed by atoms with E-state index in [0.29, 0.717) is 39.1 Å². The lowest BCUT2D eigenvalue weighted by atomic mass is 10.1. The van der Waals surface area contributed by atoms with E-state index in [1.807, 2.05) is 25.1 Å². The molecule has 0 aliphatic rings. The largest absolute Gasteiger partial charge is 0.451 e. The third-order valence-corrected chi connectivity index (χ3v) is 5.93. The van der Waals surface area contributed by atoms with Crippen LogP contribution in [0.15, 0.2) is 81.6 Å². The minimum absolute atomic E-state index is 0.00998. The Hall–Kier alpha value is -4.54.